The van der Waals surface area contributed by atoms with Crippen molar-refractivity contribution < 1.29 is 23.9 Å². The number of likely N-dealkylation sites (tertiary alicyclic amines) is 1. The Morgan fingerprint density at radius 3 is 2.26 bits per heavy atom. The third-order valence-electron chi connectivity index (χ3n) is 6.58. The van der Waals surface area contributed by atoms with Crippen LogP contribution in [0.25, 0.3) is 0 Å². The molecular weight excluding hydrogens is 434 g/mol. The molecule has 2 aliphatic rings. The van der Waals surface area contributed by atoms with Crippen molar-refractivity contribution in [3.8, 4) is 11.5 Å². The van der Waals surface area contributed by atoms with Crippen LogP contribution >= 0.6 is 0 Å². The fraction of sp³-hybridized carbons (Fsp3) is 0.423. The van der Waals surface area contributed by atoms with Crippen LogP contribution in [0, 0.1) is 5.92 Å². The number of nitrogens with zero attached hydrogens (tertiary/aromatic N) is 3. The van der Waals surface area contributed by atoms with E-state index in [1.54, 1.807) is 41.1 Å². The standard InChI is InChI=1S/C26H31N3O5/c1-33-22-9-8-19(16-23(22)34-2)10-11-29-18-21(17-24(29)30)26(32)28-14-12-27(13-15-28)25(31)20-6-4-3-5-7-20/h3-9,16,21H,10-15,17-18H2,1-2H3/t21-/m1/s1. The summed E-state index contributed by atoms with van der Waals surface area (Å²) in [5, 5.41) is 0. The van der Waals surface area contributed by atoms with E-state index in [-0.39, 0.29) is 30.1 Å². The highest BCUT2D eigenvalue weighted by Gasteiger charge is 2.37. The third-order valence-corrected chi connectivity index (χ3v) is 6.58. The zero-order chi connectivity index (χ0) is 24.1. The highest BCUT2D eigenvalue weighted by Crippen LogP contribution is 2.28. The van der Waals surface area contributed by atoms with Crippen LogP contribution in [0.15, 0.2) is 48.5 Å². The average molecular weight is 466 g/mol. The SMILES string of the molecule is COc1ccc(CCN2C[C@H](C(=O)N3CCN(C(=O)c4ccccc4)CC3)CC2=O)cc1OC. The number of carbonyl (C=O) groups excluding carboxylic acids is 3. The van der Waals surface area contributed by atoms with Crippen molar-refractivity contribution in [2.45, 2.75) is 12.8 Å². The van der Waals surface area contributed by atoms with Crippen molar-refractivity contribution in [2.75, 3.05) is 53.5 Å². The molecule has 4 rings (SSSR count). The molecule has 0 radical (unpaired) electrons. The van der Waals surface area contributed by atoms with Gasteiger partial charge in [-0.15, -0.1) is 0 Å². The summed E-state index contributed by atoms with van der Waals surface area (Å²) in [4.78, 5) is 43.6. The second-order valence-electron chi connectivity index (χ2n) is 8.66. The van der Waals surface area contributed by atoms with Gasteiger partial charge in [0.1, 0.15) is 0 Å². The van der Waals surface area contributed by atoms with Gasteiger partial charge in [-0.3, -0.25) is 14.4 Å². The van der Waals surface area contributed by atoms with E-state index in [2.05, 4.69) is 0 Å². The Labute approximate surface area is 200 Å². The Morgan fingerprint density at radius 1 is 0.912 bits per heavy atom. The van der Waals surface area contributed by atoms with Crippen LogP contribution in [0.2, 0.25) is 0 Å². The van der Waals surface area contributed by atoms with E-state index < -0.39 is 0 Å². The van der Waals surface area contributed by atoms with Gasteiger partial charge in [0.15, 0.2) is 11.5 Å². The molecular formula is C26H31N3O5. The Balaban J connectivity index is 1.27. The number of ether oxygens (including phenoxy) is 2. The lowest BCUT2D eigenvalue weighted by Crippen LogP contribution is -2.52. The molecule has 0 aliphatic carbocycles. The highest BCUT2D eigenvalue weighted by molar-refractivity contribution is 5.94. The van der Waals surface area contributed by atoms with Crippen molar-refractivity contribution >= 4 is 17.7 Å². The summed E-state index contributed by atoms with van der Waals surface area (Å²) in [6.45, 7) is 2.99. The first kappa shape index (κ1) is 23.6. The van der Waals surface area contributed by atoms with Crippen molar-refractivity contribution in [3.05, 3.63) is 59.7 Å². The van der Waals surface area contributed by atoms with Crippen molar-refractivity contribution in [1.82, 2.24) is 14.7 Å². The molecule has 2 fully saturated rings. The molecule has 180 valence electrons. The second kappa shape index (κ2) is 10.6. The van der Waals surface area contributed by atoms with Crippen molar-refractivity contribution in [2.24, 2.45) is 5.92 Å². The monoisotopic (exact) mass is 465 g/mol. The summed E-state index contributed by atoms with van der Waals surface area (Å²) in [6.07, 6.45) is 0.918. The van der Waals surface area contributed by atoms with Crippen LogP contribution in [0.1, 0.15) is 22.3 Å². The molecule has 3 amide bonds. The van der Waals surface area contributed by atoms with Gasteiger partial charge in [-0.2, -0.15) is 0 Å². The summed E-state index contributed by atoms with van der Waals surface area (Å²) in [6, 6.07) is 14.9. The topological polar surface area (TPSA) is 79.4 Å². The molecule has 2 aromatic carbocycles. The number of rotatable bonds is 7. The normalized spacial score (nSPS) is 18.2. The van der Waals surface area contributed by atoms with Crippen LogP contribution in [0.5, 0.6) is 11.5 Å². The van der Waals surface area contributed by atoms with Gasteiger partial charge in [-0.05, 0) is 36.2 Å². The first-order valence-electron chi connectivity index (χ1n) is 11.6. The summed E-state index contributed by atoms with van der Waals surface area (Å²) >= 11 is 0. The fourth-order valence-corrected chi connectivity index (χ4v) is 4.61. The molecule has 8 heteroatoms. The average Bonchev–Trinajstić information content (AvgIpc) is 3.27. The van der Waals surface area contributed by atoms with Gasteiger partial charge in [0.25, 0.3) is 5.91 Å². The van der Waals surface area contributed by atoms with E-state index in [1.165, 1.54) is 0 Å². The van der Waals surface area contributed by atoms with E-state index in [0.717, 1.165) is 5.56 Å². The third kappa shape index (κ3) is 5.16. The summed E-state index contributed by atoms with van der Waals surface area (Å²) in [7, 11) is 3.19. The number of hydrogen-bond donors (Lipinski definition) is 0. The van der Waals surface area contributed by atoms with Gasteiger partial charge in [-0.1, -0.05) is 24.3 Å². The van der Waals surface area contributed by atoms with Crippen molar-refractivity contribution in [3.63, 3.8) is 0 Å². The zero-order valence-corrected chi connectivity index (χ0v) is 19.7. The lowest BCUT2D eigenvalue weighted by molar-refractivity contribution is -0.137. The van der Waals surface area contributed by atoms with Crippen LogP contribution in [0.3, 0.4) is 0 Å². The first-order valence-corrected chi connectivity index (χ1v) is 11.6. The Kier molecular flexibility index (Phi) is 7.35. The molecule has 0 aromatic heterocycles. The van der Waals surface area contributed by atoms with E-state index in [9.17, 15) is 14.4 Å². The maximum absolute atomic E-state index is 13.1. The lowest BCUT2D eigenvalue weighted by atomic mass is 10.1. The Bertz CT molecular complexity index is 1030. The molecule has 2 heterocycles. The molecule has 34 heavy (non-hydrogen) atoms. The molecule has 0 saturated carbocycles. The zero-order valence-electron chi connectivity index (χ0n) is 19.7. The Morgan fingerprint density at radius 2 is 1.59 bits per heavy atom. The summed E-state index contributed by atoms with van der Waals surface area (Å²) < 4.78 is 10.6. The number of hydrogen-bond acceptors (Lipinski definition) is 5. The molecule has 2 aromatic rings. The Hall–Kier alpha value is -3.55. The number of amides is 3. The van der Waals surface area contributed by atoms with E-state index in [4.69, 9.17) is 9.47 Å². The highest BCUT2D eigenvalue weighted by atomic mass is 16.5. The molecule has 0 N–H and O–H groups in total. The number of benzene rings is 2. The fourth-order valence-electron chi connectivity index (χ4n) is 4.61. The second-order valence-corrected chi connectivity index (χ2v) is 8.66. The lowest BCUT2D eigenvalue weighted by Gasteiger charge is -2.36. The van der Waals surface area contributed by atoms with Gasteiger partial charge in [0.05, 0.1) is 20.1 Å². The summed E-state index contributed by atoms with van der Waals surface area (Å²) in [5.41, 5.74) is 1.70. The predicted octanol–water partition coefficient (Wildman–Crippen LogP) is 2.08. The van der Waals surface area contributed by atoms with Gasteiger partial charge >= 0.3 is 0 Å². The molecule has 1 atom stereocenters. The maximum atomic E-state index is 13.1. The largest absolute Gasteiger partial charge is 0.493 e. The number of methoxy groups -OCH3 is 2. The number of piperazine rings is 1. The minimum atomic E-state index is -0.325. The molecule has 0 spiro atoms. The maximum Gasteiger partial charge on any atom is 0.253 e. The first-order chi connectivity index (χ1) is 16.5. The van der Waals surface area contributed by atoms with Gasteiger partial charge in [0.2, 0.25) is 11.8 Å². The van der Waals surface area contributed by atoms with E-state index in [1.807, 2.05) is 36.4 Å². The minimum absolute atomic E-state index is 0.00813. The molecule has 2 aliphatic heterocycles. The quantitative estimate of drug-likeness (QED) is 0.626. The molecule has 8 nitrogen and oxygen atoms in total. The molecule has 2 saturated heterocycles. The van der Waals surface area contributed by atoms with Gasteiger partial charge in [0, 0.05) is 51.3 Å². The van der Waals surface area contributed by atoms with Gasteiger partial charge < -0.3 is 24.2 Å². The van der Waals surface area contributed by atoms with Crippen LogP contribution in [0.4, 0.5) is 0 Å². The predicted molar refractivity (Wildman–Crippen MR) is 127 cm³/mol. The number of carbonyl (C=O) groups is 3. The van der Waals surface area contributed by atoms with Gasteiger partial charge in [-0.25, -0.2) is 0 Å². The van der Waals surface area contributed by atoms with Crippen LogP contribution < -0.4 is 9.47 Å². The van der Waals surface area contributed by atoms with Crippen LogP contribution in [-0.4, -0.2) is 85.9 Å². The van der Waals surface area contributed by atoms with E-state index >= 15 is 0 Å². The molecule has 0 bridgehead atoms. The van der Waals surface area contributed by atoms with E-state index in [0.29, 0.717) is 62.8 Å². The smallest absolute Gasteiger partial charge is 0.253 e. The summed E-state index contributed by atoms with van der Waals surface area (Å²) in [5.74, 6) is 1.01. The minimum Gasteiger partial charge on any atom is -0.493 e. The van der Waals surface area contributed by atoms with Crippen LogP contribution in [-0.2, 0) is 16.0 Å². The molecule has 0 unspecified atom stereocenters. The van der Waals surface area contributed by atoms with Crippen molar-refractivity contribution in [1.29, 1.82) is 0 Å².